The van der Waals surface area contributed by atoms with Crippen LogP contribution in [0.1, 0.15) is 36.1 Å². The van der Waals surface area contributed by atoms with Crippen LogP contribution in [0.3, 0.4) is 0 Å². The topological polar surface area (TPSA) is 68.6 Å². The zero-order valence-electron chi connectivity index (χ0n) is 19.6. The second kappa shape index (κ2) is 10.5. The van der Waals surface area contributed by atoms with E-state index in [1.54, 1.807) is 24.3 Å². The number of ether oxygens (including phenoxy) is 2. The maximum absolute atomic E-state index is 13.0. The summed E-state index contributed by atoms with van der Waals surface area (Å²) in [5, 5.41) is 7.69. The molecule has 0 unspecified atom stereocenters. The maximum atomic E-state index is 13.0. The van der Waals surface area contributed by atoms with Crippen molar-refractivity contribution in [1.82, 2.24) is 20.0 Å². The minimum absolute atomic E-state index is 0.168. The quantitative estimate of drug-likeness (QED) is 0.367. The number of hydrogen-bond acceptors (Lipinski definition) is 5. The number of amides is 1. The van der Waals surface area contributed by atoms with Crippen LogP contribution >= 0.6 is 12.2 Å². The Balaban J connectivity index is 1.49. The van der Waals surface area contributed by atoms with Crippen LogP contribution in [-0.2, 0) is 30.9 Å². The van der Waals surface area contributed by atoms with Gasteiger partial charge in [-0.25, -0.2) is 0 Å². The van der Waals surface area contributed by atoms with E-state index in [2.05, 4.69) is 29.5 Å². The lowest BCUT2D eigenvalue weighted by Gasteiger charge is -2.12. The van der Waals surface area contributed by atoms with Gasteiger partial charge in [0.15, 0.2) is 5.11 Å². The molecule has 1 aliphatic heterocycles. The minimum atomic E-state index is -0.168. The smallest absolute Gasteiger partial charge is 0.276 e. The number of benzene rings is 2. The molecule has 2 aromatic carbocycles. The normalized spacial score (nSPS) is 14.6. The molecule has 1 N–H and O–H groups in total. The van der Waals surface area contributed by atoms with Crippen LogP contribution in [-0.4, -0.2) is 32.8 Å². The first kappa shape index (κ1) is 23.5. The molecule has 0 radical (unpaired) electrons. The van der Waals surface area contributed by atoms with Gasteiger partial charge in [0, 0.05) is 23.9 Å². The molecular weight excluding hydrogens is 448 g/mol. The predicted octanol–water partition coefficient (Wildman–Crippen LogP) is 4.31. The Hall–Kier alpha value is -3.65. The number of hydrogen-bond donors (Lipinski definition) is 1. The van der Waals surface area contributed by atoms with Gasteiger partial charge in [0.2, 0.25) is 0 Å². The molecule has 0 atom stereocenters. The number of aromatic nitrogens is 2. The third-order valence-electron chi connectivity index (χ3n) is 5.66. The Bertz CT molecular complexity index is 1220. The third kappa shape index (κ3) is 5.28. The molecule has 8 heteroatoms. The zero-order valence-corrected chi connectivity index (χ0v) is 20.4. The molecule has 176 valence electrons. The van der Waals surface area contributed by atoms with Gasteiger partial charge in [0.25, 0.3) is 5.91 Å². The van der Waals surface area contributed by atoms with Gasteiger partial charge in [-0.1, -0.05) is 25.1 Å². The molecule has 1 saturated heterocycles. The third-order valence-corrected chi connectivity index (χ3v) is 5.98. The number of rotatable bonds is 9. The number of carbonyl (C=O) groups is 1. The van der Waals surface area contributed by atoms with Gasteiger partial charge in [-0.3, -0.25) is 14.4 Å². The Morgan fingerprint density at radius 3 is 2.59 bits per heavy atom. The molecule has 34 heavy (non-hydrogen) atoms. The number of aryl methyl sites for hydroxylation is 2. The molecule has 2 heterocycles. The average Bonchev–Trinajstić information content (AvgIpc) is 3.43. The van der Waals surface area contributed by atoms with Crippen LogP contribution in [0.15, 0.2) is 60.6 Å². The first-order chi connectivity index (χ1) is 16.5. The molecule has 7 nitrogen and oxygen atoms in total. The highest BCUT2D eigenvalue weighted by Crippen LogP contribution is 2.25. The largest absolute Gasteiger partial charge is 0.496 e. The van der Waals surface area contributed by atoms with Gasteiger partial charge in [-0.2, -0.15) is 5.10 Å². The van der Waals surface area contributed by atoms with E-state index in [4.69, 9.17) is 21.7 Å². The Morgan fingerprint density at radius 1 is 1.12 bits per heavy atom. The molecule has 0 aliphatic carbocycles. The van der Waals surface area contributed by atoms with Crippen LogP contribution < -0.4 is 14.8 Å². The van der Waals surface area contributed by atoms with Crippen LogP contribution in [0.25, 0.3) is 6.08 Å². The van der Waals surface area contributed by atoms with Crippen molar-refractivity contribution in [3.05, 3.63) is 82.8 Å². The summed E-state index contributed by atoms with van der Waals surface area (Å²) >= 11 is 5.41. The van der Waals surface area contributed by atoms with E-state index >= 15 is 0 Å². The summed E-state index contributed by atoms with van der Waals surface area (Å²) in [6.45, 7) is 5.63. The molecular formula is C26H28N4O3S. The van der Waals surface area contributed by atoms with Gasteiger partial charge >= 0.3 is 0 Å². The van der Waals surface area contributed by atoms with Crippen molar-refractivity contribution in [1.29, 1.82) is 0 Å². The fourth-order valence-electron chi connectivity index (χ4n) is 3.71. The monoisotopic (exact) mass is 476 g/mol. The first-order valence-electron chi connectivity index (χ1n) is 11.2. The standard InChI is InChI=1S/C26H28N4O3S/c1-4-18-6-9-22(10-7-18)33-17-21-12-19(8-11-24(21)32-3)13-23-25(31)30(26(34)28-23)16-20-14-27-29(5-2)15-20/h6-15H,4-5,16-17H2,1-3H3,(H,28,34)/b23-13+. The summed E-state index contributed by atoms with van der Waals surface area (Å²) in [5.74, 6) is 1.35. The van der Waals surface area contributed by atoms with Gasteiger partial charge in [0.05, 0.1) is 19.9 Å². The van der Waals surface area contributed by atoms with Crippen molar-refractivity contribution in [2.24, 2.45) is 0 Å². The van der Waals surface area contributed by atoms with Crippen molar-refractivity contribution < 1.29 is 14.3 Å². The summed E-state index contributed by atoms with van der Waals surface area (Å²) in [6.07, 6.45) is 6.46. The second-order valence-electron chi connectivity index (χ2n) is 7.94. The van der Waals surface area contributed by atoms with Gasteiger partial charge < -0.3 is 14.8 Å². The minimum Gasteiger partial charge on any atom is -0.496 e. The summed E-state index contributed by atoms with van der Waals surface area (Å²) in [6, 6.07) is 13.8. The second-order valence-corrected chi connectivity index (χ2v) is 8.33. The molecule has 0 saturated carbocycles. The van der Waals surface area contributed by atoms with E-state index in [0.29, 0.717) is 24.0 Å². The number of thiocarbonyl (C=S) groups is 1. The molecule has 1 aliphatic rings. The highest BCUT2D eigenvalue weighted by molar-refractivity contribution is 7.80. The molecule has 0 spiro atoms. The highest BCUT2D eigenvalue weighted by Gasteiger charge is 2.30. The van der Waals surface area contributed by atoms with Gasteiger partial charge in [-0.15, -0.1) is 0 Å². The molecule has 4 rings (SSSR count). The summed E-state index contributed by atoms with van der Waals surface area (Å²) < 4.78 is 13.3. The van der Waals surface area contributed by atoms with E-state index in [9.17, 15) is 4.79 Å². The van der Waals surface area contributed by atoms with Crippen molar-refractivity contribution in [2.75, 3.05) is 7.11 Å². The zero-order chi connectivity index (χ0) is 24.1. The lowest BCUT2D eigenvalue weighted by molar-refractivity contribution is -0.122. The number of nitrogens with zero attached hydrogens (tertiary/aromatic N) is 3. The van der Waals surface area contributed by atoms with Crippen molar-refractivity contribution >= 4 is 29.3 Å². The summed E-state index contributed by atoms with van der Waals surface area (Å²) in [5.41, 5.74) is 4.35. The Kier molecular flexibility index (Phi) is 7.27. The van der Waals surface area contributed by atoms with Gasteiger partial charge in [-0.05, 0) is 67.0 Å². The first-order valence-corrected chi connectivity index (χ1v) is 11.7. The Morgan fingerprint density at radius 2 is 1.91 bits per heavy atom. The van der Waals surface area contributed by atoms with Crippen LogP contribution in [0.2, 0.25) is 0 Å². The van der Waals surface area contributed by atoms with E-state index in [-0.39, 0.29) is 5.91 Å². The molecule has 1 amide bonds. The predicted molar refractivity (Wildman–Crippen MR) is 135 cm³/mol. The van der Waals surface area contributed by atoms with E-state index in [0.717, 1.165) is 41.2 Å². The van der Waals surface area contributed by atoms with Crippen LogP contribution in [0, 0.1) is 0 Å². The van der Waals surface area contributed by atoms with E-state index in [1.807, 2.05) is 48.1 Å². The van der Waals surface area contributed by atoms with Crippen molar-refractivity contribution in [3.8, 4) is 11.5 Å². The fourth-order valence-corrected chi connectivity index (χ4v) is 3.97. The molecule has 0 bridgehead atoms. The summed E-state index contributed by atoms with van der Waals surface area (Å²) in [7, 11) is 1.63. The Labute approximate surface area is 205 Å². The molecule has 3 aromatic rings. The number of carbonyl (C=O) groups excluding carboxylic acids is 1. The lowest BCUT2D eigenvalue weighted by Crippen LogP contribution is -2.29. The lowest BCUT2D eigenvalue weighted by atomic mass is 10.1. The van der Waals surface area contributed by atoms with Gasteiger partial charge in [0.1, 0.15) is 23.8 Å². The van der Waals surface area contributed by atoms with Crippen LogP contribution in [0.4, 0.5) is 0 Å². The maximum Gasteiger partial charge on any atom is 0.276 e. The van der Waals surface area contributed by atoms with E-state index < -0.39 is 0 Å². The highest BCUT2D eigenvalue weighted by atomic mass is 32.1. The van der Waals surface area contributed by atoms with Crippen LogP contribution in [0.5, 0.6) is 11.5 Å². The average molecular weight is 477 g/mol. The summed E-state index contributed by atoms with van der Waals surface area (Å²) in [4.78, 5) is 14.6. The molecule has 1 aromatic heterocycles. The number of nitrogens with one attached hydrogen (secondary N) is 1. The fraction of sp³-hybridized carbons (Fsp3) is 0.269. The SMILES string of the molecule is CCc1ccc(OCc2cc(/C=C3/NC(=S)N(Cc4cnn(CC)c4)C3=O)ccc2OC)cc1. The van der Waals surface area contributed by atoms with E-state index in [1.165, 1.54) is 5.56 Å². The molecule has 1 fully saturated rings. The van der Waals surface area contributed by atoms with Crippen molar-refractivity contribution in [2.45, 2.75) is 40.0 Å². The van der Waals surface area contributed by atoms with Crippen molar-refractivity contribution in [3.63, 3.8) is 0 Å². The number of methoxy groups -OCH3 is 1.